The van der Waals surface area contributed by atoms with Crippen molar-refractivity contribution in [2.45, 2.75) is 58.4 Å². The number of rotatable bonds is 5. The minimum atomic E-state index is -3.59. The van der Waals surface area contributed by atoms with E-state index in [-0.39, 0.29) is 10.7 Å². The Hall–Kier alpha value is -1.98. The number of benzene rings is 2. The van der Waals surface area contributed by atoms with Crippen molar-refractivity contribution in [2.24, 2.45) is 0 Å². The van der Waals surface area contributed by atoms with Crippen LogP contribution in [0.25, 0.3) is 5.57 Å². The van der Waals surface area contributed by atoms with Gasteiger partial charge < -0.3 is 0 Å². The quantitative estimate of drug-likeness (QED) is 0.740. The van der Waals surface area contributed by atoms with Crippen molar-refractivity contribution < 1.29 is 12.8 Å². The first kappa shape index (κ1) is 21.3. The third-order valence-electron chi connectivity index (χ3n) is 4.31. The van der Waals surface area contributed by atoms with Crippen LogP contribution < -0.4 is 4.72 Å². The summed E-state index contributed by atoms with van der Waals surface area (Å²) < 4.78 is 41.7. The van der Waals surface area contributed by atoms with E-state index in [9.17, 15) is 12.8 Å². The molecule has 0 aliphatic heterocycles. The topological polar surface area (TPSA) is 46.2 Å². The molecule has 146 valence electrons. The fourth-order valence-electron chi connectivity index (χ4n) is 2.85. The minimum Gasteiger partial charge on any atom is -0.207 e. The predicted molar refractivity (Wildman–Crippen MR) is 110 cm³/mol. The molecule has 2 rings (SSSR count). The van der Waals surface area contributed by atoms with E-state index in [1.165, 1.54) is 6.07 Å². The predicted octanol–water partition coefficient (Wildman–Crippen LogP) is 5.44. The van der Waals surface area contributed by atoms with Crippen LogP contribution >= 0.6 is 0 Å². The van der Waals surface area contributed by atoms with Gasteiger partial charge in [-0.15, -0.1) is 0 Å². The molecule has 5 heteroatoms. The van der Waals surface area contributed by atoms with Gasteiger partial charge in [0, 0.05) is 5.54 Å². The van der Waals surface area contributed by atoms with Crippen LogP contribution in [0.3, 0.4) is 0 Å². The van der Waals surface area contributed by atoms with Crippen LogP contribution in [0.2, 0.25) is 0 Å². The first-order valence-electron chi connectivity index (χ1n) is 9.05. The maximum atomic E-state index is 14.1. The Morgan fingerprint density at radius 2 is 1.59 bits per heavy atom. The summed E-state index contributed by atoms with van der Waals surface area (Å²) in [4.78, 5) is 0.213. The van der Waals surface area contributed by atoms with Gasteiger partial charge in [0.05, 0.1) is 4.90 Å². The molecule has 1 N–H and O–H groups in total. The molecule has 27 heavy (non-hydrogen) atoms. The third-order valence-corrected chi connectivity index (χ3v) is 6.09. The maximum absolute atomic E-state index is 14.1. The number of allylic oxidation sites excluding steroid dienone is 1. The number of hydrogen-bond acceptors (Lipinski definition) is 2. The Balaban J connectivity index is 2.49. The number of aryl methyl sites for hydroxylation is 1. The van der Waals surface area contributed by atoms with E-state index in [1.807, 2.05) is 19.9 Å². The molecule has 2 aromatic carbocycles. The number of sulfonamides is 1. The van der Waals surface area contributed by atoms with E-state index in [2.05, 4.69) is 4.72 Å². The molecule has 0 aliphatic rings. The molecule has 3 nitrogen and oxygen atoms in total. The van der Waals surface area contributed by atoms with Gasteiger partial charge >= 0.3 is 0 Å². The number of halogens is 1. The second-order valence-electron chi connectivity index (χ2n) is 7.85. The Morgan fingerprint density at radius 1 is 1.04 bits per heavy atom. The van der Waals surface area contributed by atoms with Crippen molar-refractivity contribution in [3.8, 4) is 0 Å². The van der Waals surface area contributed by atoms with Gasteiger partial charge in [-0.3, -0.25) is 0 Å². The molecule has 0 saturated carbocycles. The summed E-state index contributed by atoms with van der Waals surface area (Å²) in [7, 11) is -3.59. The summed E-state index contributed by atoms with van der Waals surface area (Å²) in [5, 5.41) is 0. The van der Waals surface area contributed by atoms with Crippen molar-refractivity contribution in [1.82, 2.24) is 4.72 Å². The lowest BCUT2D eigenvalue weighted by atomic mass is 9.92. The zero-order valence-corrected chi connectivity index (χ0v) is 17.7. The molecule has 2 aromatic rings. The van der Waals surface area contributed by atoms with E-state index in [0.717, 1.165) is 28.7 Å². The van der Waals surface area contributed by atoms with E-state index >= 15 is 0 Å². The van der Waals surface area contributed by atoms with Crippen LogP contribution in [-0.2, 0) is 10.0 Å². The first-order valence-corrected chi connectivity index (χ1v) is 10.5. The van der Waals surface area contributed by atoms with E-state index in [1.54, 1.807) is 58.0 Å². The van der Waals surface area contributed by atoms with Crippen LogP contribution in [0.4, 0.5) is 4.39 Å². The van der Waals surface area contributed by atoms with Gasteiger partial charge in [-0.25, -0.2) is 17.5 Å². The lowest BCUT2D eigenvalue weighted by Crippen LogP contribution is -2.40. The Bertz CT molecular complexity index is 953. The summed E-state index contributed by atoms with van der Waals surface area (Å²) in [6.45, 7) is 11.2. The van der Waals surface area contributed by atoms with Crippen LogP contribution in [0, 0.1) is 12.7 Å². The summed E-state index contributed by atoms with van der Waals surface area (Å²) >= 11 is 0. The number of hydrogen-bond donors (Lipinski definition) is 1. The highest BCUT2D eigenvalue weighted by atomic mass is 32.2. The van der Waals surface area contributed by atoms with Gasteiger partial charge in [-0.2, -0.15) is 0 Å². The zero-order chi connectivity index (χ0) is 20.4. The van der Waals surface area contributed by atoms with Gasteiger partial charge in [0.1, 0.15) is 5.82 Å². The molecule has 0 amide bonds. The molecule has 0 spiro atoms. The summed E-state index contributed by atoms with van der Waals surface area (Å²) in [5.41, 5.74) is 3.75. The number of nitrogens with one attached hydrogen (secondary N) is 1. The molecule has 0 atom stereocenters. The largest absolute Gasteiger partial charge is 0.241 e. The Morgan fingerprint density at radius 3 is 2.07 bits per heavy atom. The molecule has 0 fully saturated rings. The normalized spacial score (nSPS) is 13.4. The monoisotopic (exact) mass is 389 g/mol. The standard InChI is InChI=1S/C22H28FNO2S/c1-7-15(2)21(18-9-8-16(3)20(23)14-18)17-10-12-19(13-11-17)27(25,26)24-22(4,5)6/h8-14,24H,7H2,1-6H3. The Labute approximate surface area is 162 Å². The van der Waals surface area contributed by atoms with E-state index in [0.29, 0.717) is 5.56 Å². The highest BCUT2D eigenvalue weighted by molar-refractivity contribution is 7.89. The Kier molecular flexibility index (Phi) is 6.28. The zero-order valence-electron chi connectivity index (χ0n) is 16.9. The van der Waals surface area contributed by atoms with Gasteiger partial charge in [0.15, 0.2) is 0 Å². The molecule has 0 heterocycles. The van der Waals surface area contributed by atoms with Crippen LogP contribution in [0.15, 0.2) is 52.9 Å². The van der Waals surface area contributed by atoms with Gasteiger partial charge in [-0.1, -0.05) is 36.8 Å². The smallest absolute Gasteiger partial charge is 0.207 e. The fraction of sp³-hybridized carbons (Fsp3) is 0.364. The van der Waals surface area contributed by atoms with Crippen molar-refractivity contribution in [3.63, 3.8) is 0 Å². The van der Waals surface area contributed by atoms with Crippen LogP contribution in [0.5, 0.6) is 0 Å². The molecule has 0 radical (unpaired) electrons. The molecule has 0 saturated heterocycles. The molecular formula is C22H28FNO2S. The summed E-state index contributed by atoms with van der Waals surface area (Å²) in [6, 6.07) is 12.0. The van der Waals surface area contributed by atoms with Crippen LogP contribution in [0.1, 0.15) is 57.7 Å². The summed E-state index contributed by atoms with van der Waals surface area (Å²) in [5.74, 6) is -0.248. The SMILES string of the molecule is CCC(C)=C(c1ccc(S(=O)(=O)NC(C)(C)C)cc1)c1ccc(C)c(F)c1. The molecule has 0 unspecified atom stereocenters. The summed E-state index contributed by atoms with van der Waals surface area (Å²) in [6.07, 6.45) is 0.816. The second kappa shape index (κ2) is 7.95. The third kappa shape index (κ3) is 5.27. The minimum absolute atomic E-state index is 0.213. The van der Waals surface area contributed by atoms with Gasteiger partial charge in [-0.05, 0) is 81.5 Å². The van der Waals surface area contributed by atoms with Crippen molar-refractivity contribution in [2.75, 3.05) is 0 Å². The van der Waals surface area contributed by atoms with Crippen LogP contribution in [-0.4, -0.2) is 14.0 Å². The highest BCUT2D eigenvalue weighted by Gasteiger charge is 2.22. The highest BCUT2D eigenvalue weighted by Crippen LogP contribution is 2.30. The molecule has 0 aromatic heterocycles. The molecule has 0 bridgehead atoms. The van der Waals surface area contributed by atoms with E-state index in [4.69, 9.17) is 0 Å². The van der Waals surface area contributed by atoms with Crippen molar-refractivity contribution in [3.05, 3.63) is 70.5 Å². The fourth-order valence-corrected chi connectivity index (χ4v) is 4.27. The maximum Gasteiger partial charge on any atom is 0.241 e. The first-order chi connectivity index (χ1) is 12.4. The average molecular weight is 390 g/mol. The van der Waals surface area contributed by atoms with E-state index < -0.39 is 15.6 Å². The lowest BCUT2D eigenvalue weighted by Gasteiger charge is -2.20. The average Bonchev–Trinajstić information content (AvgIpc) is 2.56. The lowest BCUT2D eigenvalue weighted by molar-refractivity contribution is 0.491. The van der Waals surface area contributed by atoms with Crippen molar-refractivity contribution >= 4 is 15.6 Å². The van der Waals surface area contributed by atoms with Gasteiger partial charge in [0.25, 0.3) is 0 Å². The second-order valence-corrected chi connectivity index (χ2v) is 9.54. The van der Waals surface area contributed by atoms with Gasteiger partial charge in [0.2, 0.25) is 10.0 Å². The molecular weight excluding hydrogens is 361 g/mol. The van der Waals surface area contributed by atoms with Crippen molar-refractivity contribution in [1.29, 1.82) is 0 Å². The molecule has 0 aliphatic carbocycles.